The van der Waals surface area contributed by atoms with Crippen LogP contribution in [0.3, 0.4) is 0 Å². The van der Waals surface area contributed by atoms with E-state index >= 15 is 0 Å². The van der Waals surface area contributed by atoms with Crippen molar-refractivity contribution in [2.75, 3.05) is 0 Å². The van der Waals surface area contributed by atoms with Crippen LogP contribution in [0, 0.1) is 0 Å². The highest BCUT2D eigenvalue weighted by Crippen LogP contribution is 2.60. The minimum atomic E-state index is 0.901. The van der Waals surface area contributed by atoms with Crippen molar-refractivity contribution in [3.63, 3.8) is 0 Å². The van der Waals surface area contributed by atoms with Crippen LogP contribution < -0.4 is 0 Å². The molecular formula is C40H71BN2. The Morgan fingerprint density at radius 3 is 0.953 bits per heavy atom. The van der Waals surface area contributed by atoms with E-state index in [9.17, 15) is 0 Å². The molecule has 2 saturated heterocycles. The highest BCUT2D eigenvalue weighted by molar-refractivity contribution is 6.65. The molecule has 244 valence electrons. The Hall–Kier alpha value is -0.0151. The highest BCUT2D eigenvalue weighted by Gasteiger charge is 2.61. The van der Waals surface area contributed by atoms with Gasteiger partial charge in [0, 0.05) is 36.3 Å². The molecule has 7 unspecified atom stereocenters. The quantitative estimate of drug-likeness (QED) is 0.295. The third-order valence-electron chi connectivity index (χ3n) is 14.9. The minimum absolute atomic E-state index is 0.901. The third-order valence-corrected chi connectivity index (χ3v) is 14.9. The van der Waals surface area contributed by atoms with Gasteiger partial charge in [-0.15, -0.1) is 0 Å². The molecule has 7 aliphatic rings. The molecule has 0 aromatic rings. The highest BCUT2D eigenvalue weighted by atomic mass is 15.3. The minimum Gasteiger partial charge on any atom is -0.295 e. The van der Waals surface area contributed by atoms with Gasteiger partial charge in [-0.1, -0.05) is 148 Å². The lowest BCUT2D eigenvalue weighted by atomic mass is 9.19. The molecule has 7 atom stereocenters. The number of rotatable bonds is 2. The largest absolute Gasteiger partial charge is 0.295 e. The lowest BCUT2D eigenvalue weighted by molar-refractivity contribution is -0.0285. The second kappa shape index (κ2) is 15.7. The Bertz CT molecular complexity index is 815. The molecule has 3 heteroatoms. The summed E-state index contributed by atoms with van der Waals surface area (Å²) in [4.78, 5) is 6.90. The smallest absolute Gasteiger partial charge is 0.156 e. The average Bonchev–Trinajstić information content (AvgIpc) is 3.15. The van der Waals surface area contributed by atoms with Gasteiger partial charge in [-0.05, 0) is 68.8 Å². The Balaban J connectivity index is 1.33. The first-order valence-electron chi connectivity index (χ1n) is 21.0. The van der Waals surface area contributed by atoms with Gasteiger partial charge in [0.1, 0.15) is 0 Å². The van der Waals surface area contributed by atoms with Crippen LogP contribution in [0.25, 0.3) is 0 Å². The molecule has 0 bridgehead atoms. The zero-order valence-electron chi connectivity index (χ0n) is 28.6. The van der Waals surface area contributed by atoms with Gasteiger partial charge in [-0.3, -0.25) is 9.80 Å². The normalized spacial score (nSPS) is 40.7. The van der Waals surface area contributed by atoms with E-state index in [1.165, 1.54) is 148 Å². The monoisotopic (exact) mass is 591 g/mol. The van der Waals surface area contributed by atoms with E-state index in [0.717, 1.165) is 60.4 Å². The second-order valence-electron chi connectivity index (χ2n) is 17.3. The molecule has 5 aliphatic carbocycles. The fraction of sp³-hybridized carbons (Fsp3) is 1.00. The number of hydrogen-bond donors (Lipinski definition) is 0. The van der Waals surface area contributed by atoms with Crippen LogP contribution in [0.15, 0.2) is 0 Å². The summed E-state index contributed by atoms with van der Waals surface area (Å²) in [7, 11) is 0. The molecule has 2 aliphatic heterocycles. The van der Waals surface area contributed by atoms with E-state index in [4.69, 9.17) is 0 Å². The van der Waals surface area contributed by atoms with Crippen molar-refractivity contribution in [3.05, 3.63) is 0 Å². The van der Waals surface area contributed by atoms with Gasteiger partial charge >= 0.3 is 0 Å². The number of fused-ring (bicyclic) bond motifs is 4. The van der Waals surface area contributed by atoms with Gasteiger partial charge in [0.2, 0.25) is 0 Å². The zero-order chi connectivity index (χ0) is 28.8. The molecule has 0 spiro atoms. The van der Waals surface area contributed by atoms with Gasteiger partial charge in [-0.2, -0.15) is 0 Å². The van der Waals surface area contributed by atoms with Crippen LogP contribution in [0.4, 0.5) is 0 Å². The average molecular weight is 591 g/mol. The number of nitrogens with zero attached hydrogens (tertiary/aromatic N) is 2. The molecule has 0 radical (unpaired) electrons. The lowest BCUT2D eigenvalue weighted by Gasteiger charge is -2.66. The molecule has 0 amide bonds. The maximum atomic E-state index is 3.45. The molecule has 0 aromatic heterocycles. The van der Waals surface area contributed by atoms with Crippen molar-refractivity contribution in [2.24, 2.45) is 0 Å². The topological polar surface area (TPSA) is 6.48 Å². The van der Waals surface area contributed by atoms with Crippen LogP contribution in [0.1, 0.15) is 199 Å². The van der Waals surface area contributed by atoms with Gasteiger partial charge < -0.3 is 0 Å². The van der Waals surface area contributed by atoms with E-state index < -0.39 is 0 Å². The summed E-state index contributed by atoms with van der Waals surface area (Å²) in [6.45, 7) is 1.05. The molecule has 7 fully saturated rings. The van der Waals surface area contributed by atoms with Gasteiger partial charge in [0.25, 0.3) is 0 Å². The standard InChI is InChI=1S/C40H71BN2/c1-3-12-22-32(23-13-4-1)42-36-28-18-8-7-16-26-34(36)41-35-27-17-11-21-29-37(35)43(33-24-14-5-2-6-15-25-33)39-31-20-10-9-19-30-38(42)40(39)41/h32-40H,1-31H2. The van der Waals surface area contributed by atoms with Crippen LogP contribution >= 0.6 is 0 Å². The first kappa shape index (κ1) is 31.6. The SMILES string of the molecule is C1CCCC(N2C3CCCCCCC3B3C4CCCCCC4N(C4CCCCCCC4)C4CCCCCCC2C34)CCC1. The molecule has 5 saturated carbocycles. The van der Waals surface area contributed by atoms with E-state index in [-0.39, 0.29) is 0 Å². The van der Waals surface area contributed by atoms with E-state index in [1.54, 1.807) is 51.4 Å². The van der Waals surface area contributed by atoms with E-state index in [1.807, 2.05) is 0 Å². The molecular weight excluding hydrogens is 519 g/mol. The van der Waals surface area contributed by atoms with Crippen molar-refractivity contribution in [2.45, 2.75) is 253 Å². The maximum absolute atomic E-state index is 3.45. The van der Waals surface area contributed by atoms with E-state index in [0.29, 0.717) is 0 Å². The Morgan fingerprint density at radius 2 is 0.558 bits per heavy atom. The molecule has 0 N–H and O–H groups in total. The molecule has 0 aromatic carbocycles. The van der Waals surface area contributed by atoms with Crippen molar-refractivity contribution < 1.29 is 0 Å². The predicted octanol–water partition coefficient (Wildman–Crippen LogP) is 11.6. The summed E-state index contributed by atoms with van der Waals surface area (Å²) in [5.41, 5.74) is 0. The summed E-state index contributed by atoms with van der Waals surface area (Å²) in [6, 6.07) is 5.47. The summed E-state index contributed by atoms with van der Waals surface area (Å²) in [5.74, 6) is 3.01. The lowest BCUT2D eigenvalue weighted by Crippen LogP contribution is -2.71. The van der Waals surface area contributed by atoms with Crippen LogP contribution in [0.5, 0.6) is 0 Å². The van der Waals surface area contributed by atoms with Gasteiger partial charge in [0.05, 0.1) is 0 Å². The van der Waals surface area contributed by atoms with Crippen LogP contribution in [-0.2, 0) is 0 Å². The molecule has 2 nitrogen and oxygen atoms in total. The van der Waals surface area contributed by atoms with Gasteiger partial charge in [0.15, 0.2) is 6.71 Å². The van der Waals surface area contributed by atoms with Gasteiger partial charge in [-0.25, -0.2) is 0 Å². The summed E-state index contributed by atoms with van der Waals surface area (Å²) < 4.78 is 0. The first-order valence-corrected chi connectivity index (χ1v) is 21.0. The van der Waals surface area contributed by atoms with Crippen LogP contribution in [-0.4, -0.2) is 52.8 Å². The van der Waals surface area contributed by atoms with Crippen LogP contribution in [0.2, 0.25) is 17.5 Å². The summed E-state index contributed by atoms with van der Waals surface area (Å²) in [6.07, 6.45) is 47.4. The molecule has 2 heterocycles. The first-order chi connectivity index (χ1) is 21.4. The molecule has 7 rings (SSSR count). The Morgan fingerprint density at radius 1 is 0.279 bits per heavy atom. The van der Waals surface area contributed by atoms with Crippen molar-refractivity contribution in [3.8, 4) is 0 Å². The fourth-order valence-electron chi connectivity index (χ4n) is 13.3. The Labute approximate surface area is 268 Å². The molecule has 43 heavy (non-hydrogen) atoms. The summed E-state index contributed by atoms with van der Waals surface area (Å²) >= 11 is 0. The van der Waals surface area contributed by atoms with Crippen molar-refractivity contribution >= 4 is 6.71 Å². The fourth-order valence-corrected chi connectivity index (χ4v) is 13.3. The third kappa shape index (κ3) is 6.99. The van der Waals surface area contributed by atoms with Crippen molar-refractivity contribution in [1.82, 2.24) is 9.80 Å². The second-order valence-corrected chi connectivity index (χ2v) is 17.3. The van der Waals surface area contributed by atoms with E-state index in [2.05, 4.69) is 9.80 Å². The zero-order valence-corrected chi connectivity index (χ0v) is 28.6. The van der Waals surface area contributed by atoms with Crippen molar-refractivity contribution in [1.29, 1.82) is 0 Å². The maximum Gasteiger partial charge on any atom is 0.156 e. The number of hydrogen-bond acceptors (Lipinski definition) is 2. The Kier molecular flexibility index (Phi) is 11.5. The summed E-state index contributed by atoms with van der Waals surface area (Å²) in [5, 5.41) is 0. The predicted molar refractivity (Wildman–Crippen MR) is 187 cm³/mol.